The van der Waals surface area contributed by atoms with Crippen LogP contribution in [0, 0.1) is 6.92 Å². The van der Waals surface area contributed by atoms with Gasteiger partial charge in [-0.1, -0.05) is 31.4 Å². The van der Waals surface area contributed by atoms with Crippen molar-refractivity contribution in [2.24, 2.45) is 0 Å². The van der Waals surface area contributed by atoms with E-state index in [1.54, 1.807) is 37.3 Å². The highest BCUT2D eigenvalue weighted by Crippen LogP contribution is 2.22. The van der Waals surface area contributed by atoms with Crippen LogP contribution >= 0.6 is 0 Å². The Hall–Kier alpha value is -2.89. The summed E-state index contributed by atoms with van der Waals surface area (Å²) in [6.45, 7) is 1.57. The maximum Gasteiger partial charge on any atom is 0.259 e. The number of nitrogens with one attached hydrogen (secondary N) is 1. The molecule has 0 spiro atoms. The summed E-state index contributed by atoms with van der Waals surface area (Å²) in [6.07, 6.45) is 5.22. The van der Waals surface area contributed by atoms with Crippen LogP contribution in [0.1, 0.15) is 48.0 Å². The van der Waals surface area contributed by atoms with Crippen molar-refractivity contribution < 1.29 is 14.7 Å². The van der Waals surface area contributed by atoms with Crippen molar-refractivity contribution in [3.05, 3.63) is 58.0 Å². The van der Waals surface area contributed by atoms with Gasteiger partial charge in [0.15, 0.2) is 0 Å². The summed E-state index contributed by atoms with van der Waals surface area (Å²) in [5.74, 6) is -0.0902. The van der Waals surface area contributed by atoms with E-state index in [-0.39, 0.29) is 11.9 Å². The fourth-order valence-electron chi connectivity index (χ4n) is 3.41. The number of amides is 1. The first kappa shape index (κ1) is 17.9. The minimum Gasteiger partial charge on any atom is -0.529 e. The molecule has 0 bridgehead atoms. The van der Waals surface area contributed by atoms with E-state index >= 15 is 0 Å². The lowest BCUT2D eigenvalue weighted by Gasteiger charge is -2.22. The van der Waals surface area contributed by atoms with Crippen LogP contribution in [0.5, 0.6) is 0 Å². The normalized spacial score (nSPS) is 14.8. The Bertz CT molecular complexity index is 878. The third-order valence-corrected chi connectivity index (χ3v) is 4.93. The van der Waals surface area contributed by atoms with E-state index in [1.807, 2.05) is 0 Å². The Morgan fingerprint density at radius 2 is 1.73 bits per heavy atom. The second-order valence-corrected chi connectivity index (χ2v) is 6.68. The highest BCUT2D eigenvalue weighted by molar-refractivity contribution is 5.95. The molecule has 0 atom stereocenters. The number of pyridine rings is 1. The summed E-state index contributed by atoms with van der Waals surface area (Å²) in [5, 5.41) is 14.0. The SMILES string of the molecule is Cc1c(-c2ccc(C(=O)NC3CCCCC3)cc2)ccn(C(=O)[O-])c1=O. The summed E-state index contributed by atoms with van der Waals surface area (Å²) in [6, 6.07) is 8.77. The van der Waals surface area contributed by atoms with Crippen LogP contribution in [0.15, 0.2) is 41.3 Å². The minimum atomic E-state index is -1.56. The molecule has 0 radical (unpaired) electrons. The summed E-state index contributed by atoms with van der Waals surface area (Å²) < 4.78 is 0.546. The summed E-state index contributed by atoms with van der Waals surface area (Å²) in [4.78, 5) is 35.4. The molecule has 1 aliphatic rings. The number of nitrogens with zero attached hydrogens (tertiary/aromatic N) is 1. The molecule has 1 heterocycles. The van der Waals surface area contributed by atoms with Crippen LogP contribution in [0.3, 0.4) is 0 Å². The molecule has 1 N–H and O–H groups in total. The molecule has 0 aliphatic heterocycles. The monoisotopic (exact) mass is 353 g/mol. The number of rotatable bonds is 3. The Morgan fingerprint density at radius 1 is 1.08 bits per heavy atom. The first-order valence-corrected chi connectivity index (χ1v) is 8.82. The third-order valence-electron chi connectivity index (χ3n) is 4.93. The van der Waals surface area contributed by atoms with Crippen LogP contribution in [0.25, 0.3) is 11.1 Å². The molecule has 2 aromatic rings. The molecule has 136 valence electrons. The highest BCUT2D eigenvalue weighted by atomic mass is 16.4. The lowest BCUT2D eigenvalue weighted by atomic mass is 9.95. The number of benzene rings is 1. The Balaban J connectivity index is 1.79. The Morgan fingerprint density at radius 3 is 2.35 bits per heavy atom. The van der Waals surface area contributed by atoms with Gasteiger partial charge in [-0.05, 0) is 49.1 Å². The van der Waals surface area contributed by atoms with E-state index in [2.05, 4.69) is 5.32 Å². The van der Waals surface area contributed by atoms with Gasteiger partial charge in [-0.3, -0.25) is 14.2 Å². The number of carbonyl (C=O) groups is 2. The van der Waals surface area contributed by atoms with Crippen molar-refractivity contribution in [1.82, 2.24) is 9.88 Å². The summed E-state index contributed by atoms with van der Waals surface area (Å²) >= 11 is 0. The zero-order chi connectivity index (χ0) is 18.7. The molecule has 0 saturated heterocycles. The second-order valence-electron chi connectivity index (χ2n) is 6.68. The van der Waals surface area contributed by atoms with Gasteiger partial charge in [0, 0.05) is 23.4 Å². The summed E-state index contributed by atoms with van der Waals surface area (Å²) in [5.41, 5.74) is 1.64. The van der Waals surface area contributed by atoms with Gasteiger partial charge >= 0.3 is 0 Å². The van der Waals surface area contributed by atoms with Gasteiger partial charge in [0.1, 0.15) is 6.09 Å². The number of hydrogen-bond donors (Lipinski definition) is 1. The molecule has 6 heteroatoms. The van der Waals surface area contributed by atoms with E-state index in [0.29, 0.717) is 21.3 Å². The molecule has 1 fully saturated rings. The quantitative estimate of drug-likeness (QED) is 0.914. The van der Waals surface area contributed by atoms with Crippen molar-refractivity contribution in [3.8, 4) is 11.1 Å². The number of carbonyl (C=O) groups excluding carboxylic acids is 2. The van der Waals surface area contributed by atoms with E-state index in [9.17, 15) is 19.5 Å². The van der Waals surface area contributed by atoms with Gasteiger partial charge in [-0.25, -0.2) is 0 Å². The van der Waals surface area contributed by atoms with Crippen LogP contribution in [-0.4, -0.2) is 22.6 Å². The highest BCUT2D eigenvalue weighted by Gasteiger charge is 2.17. The van der Waals surface area contributed by atoms with Gasteiger partial charge in [-0.2, -0.15) is 0 Å². The van der Waals surface area contributed by atoms with Crippen LogP contribution < -0.4 is 16.0 Å². The average Bonchev–Trinajstić information content (AvgIpc) is 2.64. The van der Waals surface area contributed by atoms with E-state index in [4.69, 9.17) is 0 Å². The molecule has 1 amide bonds. The molecule has 1 saturated carbocycles. The van der Waals surface area contributed by atoms with Crippen molar-refractivity contribution in [1.29, 1.82) is 0 Å². The van der Waals surface area contributed by atoms with Crippen LogP contribution in [0.2, 0.25) is 0 Å². The maximum absolute atomic E-state index is 12.4. The Labute approximate surface area is 151 Å². The fourth-order valence-corrected chi connectivity index (χ4v) is 3.41. The predicted octanol–water partition coefficient (Wildman–Crippen LogP) is 2.08. The molecule has 0 unspecified atom stereocenters. The first-order chi connectivity index (χ1) is 12.5. The zero-order valence-corrected chi connectivity index (χ0v) is 14.7. The minimum absolute atomic E-state index is 0.0902. The van der Waals surface area contributed by atoms with Crippen LogP contribution in [-0.2, 0) is 0 Å². The van der Waals surface area contributed by atoms with Gasteiger partial charge in [0.25, 0.3) is 11.5 Å². The van der Waals surface area contributed by atoms with Crippen molar-refractivity contribution >= 4 is 12.0 Å². The largest absolute Gasteiger partial charge is 0.529 e. The van der Waals surface area contributed by atoms with Crippen LogP contribution in [0.4, 0.5) is 4.79 Å². The molecule has 1 aliphatic carbocycles. The number of aromatic nitrogens is 1. The topological polar surface area (TPSA) is 91.2 Å². The lowest BCUT2D eigenvalue weighted by molar-refractivity contribution is -0.250. The fraction of sp³-hybridized carbons (Fsp3) is 0.350. The molecule has 6 nitrogen and oxygen atoms in total. The van der Waals surface area contributed by atoms with E-state index in [0.717, 1.165) is 31.2 Å². The van der Waals surface area contributed by atoms with Gasteiger partial charge in [0.2, 0.25) is 0 Å². The molecular weight excluding hydrogens is 332 g/mol. The van der Waals surface area contributed by atoms with E-state index in [1.165, 1.54) is 12.6 Å². The van der Waals surface area contributed by atoms with E-state index < -0.39 is 11.7 Å². The molecule has 1 aromatic carbocycles. The lowest BCUT2D eigenvalue weighted by Crippen LogP contribution is -2.37. The maximum atomic E-state index is 12.4. The second kappa shape index (κ2) is 7.56. The standard InChI is InChI=1S/C20H22N2O4/c1-13-17(11-12-22(19(13)24)20(25)26)14-7-9-15(10-8-14)18(23)21-16-5-3-2-4-6-16/h7-12,16H,2-6H2,1H3,(H,21,23)(H,25,26)/p-1. The van der Waals surface area contributed by atoms with Crippen molar-refractivity contribution in [3.63, 3.8) is 0 Å². The van der Waals surface area contributed by atoms with Gasteiger partial charge in [0.05, 0.1) is 0 Å². The van der Waals surface area contributed by atoms with Crippen molar-refractivity contribution in [2.75, 3.05) is 0 Å². The third kappa shape index (κ3) is 3.69. The predicted molar refractivity (Wildman–Crippen MR) is 96.0 cm³/mol. The van der Waals surface area contributed by atoms with Gasteiger partial charge in [-0.15, -0.1) is 0 Å². The average molecular weight is 353 g/mol. The first-order valence-electron chi connectivity index (χ1n) is 8.82. The summed E-state index contributed by atoms with van der Waals surface area (Å²) in [7, 11) is 0. The number of carboxylic acid groups (broad SMARTS) is 1. The molecule has 26 heavy (non-hydrogen) atoms. The molecule has 1 aromatic heterocycles. The van der Waals surface area contributed by atoms with Crippen molar-refractivity contribution in [2.45, 2.75) is 45.1 Å². The number of hydrogen-bond acceptors (Lipinski definition) is 4. The molecular formula is C20H21N2O4-. The Kier molecular flexibility index (Phi) is 5.21. The molecule has 3 rings (SSSR count). The van der Waals surface area contributed by atoms with Gasteiger partial charge < -0.3 is 15.2 Å². The smallest absolute Gasteiger partial charge is 0.259 e. The zero-order valence-electron chi connectivity index (χ0n) is 14.7.